The molecule has 1 aromatic carbocycles. The number of pyridine rings is 1. The highest BCUT2D eigenvalue weighted by Gasteiger charge is 2.41. The van der Waals surface area contributed by atoms with Crippen LogP contribution in [0.1, 0.15) is 11.3 Å². The van der Waals surface area contributed by atoms with Gasteiger partial charge in [-0.15, -0.1) is 5.10 Å². The van der Waals surface area contributed by atoms with E-state index in [0.717, 1.165) is 4.68 Å². The van der Waals surface area contributed by atoms with Gasteiger partial charge < -0.3 is 5.73 Å². The standard InChI is InChI=1S/C14H6Cl2F6N4/c15-6-2-1-3-7(16)10(6)26-11(23)9-5(13(17,18)19)4-8(14(20,21)22)24-12(9)25-26/h1-4H,23H2. The van der Waals surface area contributed by atoms with E-state index in [1.165, 1.54) is 18.2 Å². The Bertz CT molecular complexity index is 989. The summed E-state index contributed by atoms with van der Waals surface area (Å²) >= 11 is 11.9. The Balaban J connectivity index is 2.42. The lowest BCUT2D eigenvalue weighted by atomic mass is 10.1. The number of aromatic nitrogens is 3. The van der Waals surface area contributed by atoms with Gasteiger partial charge in [0.2, 0.25) is 0 Å². The Hall–Kier alpha value is -2.20. The van der Waals surface area contributed by atoms with E-state index >= 15 is 0 Å². The van der Waals surface area contributed by atoms with Gasteiger partial charge >= 0.3 is 12.4 Å². The summed E-state index contributed by atoms with van der Waals surface area (Å²) in [5.74, 6) is -0.594. The molecule has 26 heavy (non-hydrogen) atoms. The number of halogens is 8. The molecule has 0 atom stereocenters. The molecule has 0 saturated carbocycles. The Morgan fingerprint density at radius 2 is 1.54 bits per heavy atom. The first-order valence-corrected chi connectivity index (χ1v) is 7.45. The summed E-state index contributed by atoms with van der Waals surface area (Å²) in [6, 6.07) is 4.09. The summed E-state index contributed by atoms with van der Waals surface area (Å²) in [4.78, 5) is 3.16. The molecule has 4 nitrogen and oxygen atoms in total. The third-order valence-electron chi connectivity index (χ3n) is 3.42. The number of anilines is 1. The molecule has 3 rings (SSSR count). The molecule has 0 aliphatic heterocycles. The zero-order valence-electron chi connectivity index (χ0n) is 12.3. The SMILES string of the molecule is Nc1c2c(C(F)(F)F)cc(C(F)(F)F)nc2nn1-c1c(Cl)cccc1Cl. The van der Waals surface area contributed by atoms with Crippen LogP contribution in [0.25, 0.3) is 16.7 Å². The van der Waals surface area contributed by atoms with Crippen molar-refractivity contribution in [1.82, 2.24) is 14.8 Å². The van der Waals surface area contributed by atoms with Crippen LogP contribution in [0.3, 0.4) is 0 Å². The molecule has 0 amide bonds. The molecule has 2 N–H and O–H groups in total. The molecule has 0 spiro atoms. The third kappa shape index (κ3) is 3.03. The summed E-state index contributed by atoms with van der Waals surface area (Å²) in [5.41, 5.74) is 1.47. The second-order valence-electron chi connectivity index (χ2n) is 5.12. The molecular weight excluding hydrogens is 409 g/mol. The Morgan fingerprint density at radius 3 is 2.04 bits per heavy atom. The number of nitrogens with zero attached hydrogens (tertiary/aromatic N) is 3. The van der Waals surface area contributed by atoms with E-state index in [1.54, 1.807) is 0 Å². The largest absolute Gasteiger partial charge is 0.433 e. The minimum Gasteiger partial charge on any atom is -0.383 e. The van der Waals surface area contributed by atoms with Crippen molar-refractivity contribution in [1.29, 1.82) is 0 Å². The van der Waals surface area contributed by atoms with Crippen LogP contribution < -0.4 is 5.73 Å². The van der Waals surface area contributed by atoms with Crippen LogP contribution in [-0.4, -0.2) is 14.8 Å². The fourth-order valence-corrected chi connectivity index (χ4v) is 2.90. The molecule has 0 radical (unpaired) electrons. The molecule has 0 bridgehead atoms. The predicted octanol–water partition coefficient (Wildman–Crippen LogP) is 5.35. The maximum absolute atomic E-state index is 13.3. The van der Waals surface area contributed by atoms with Crippen LogP contribution in [0.2, 0.25) is 10.0 Å². The molecule has 0 unspecified atom stereocenters. The molecule has 3 aromatic rings. The first kappa shape index (κ1) is 18.6. The maximum Gasteiger partial charge on any atom is 0.433 e. The second-order valence-corrected chi connectivity index (χ2v) is 5.93. The van der Waals surface area contributed by atoms with Gasteiger partial charge in [0.15, 0.2) is 5.65 Å². The van der Waals surface area contributed by atoms with E-state index in [-0.39, 0.29) is 21.8 Å². The fraction of sp³-hybridized carbons (Fsp3) is 0.143. The van der Waals surface area contributed by atoms with E-state index in [4.69, 9.17) is 28.9 Å². The highest BCUT2D eigenvalue weighted by Crippen LogP contribution is 2.41. The first-order chi connectivity index (χ1) is 11.9. The summed E-state index contributed by atoms with van der Waals surface area (Å²) < 4.78 is 79.3. The van der Waals surface area contributed by atoms with Crippen LogP contribution in [0.15, 0.2) is 24.3 Å². The number of nitrogen functional groups attached to an aromatic ring is 1. The van der Waals surface area contributed by atoms with E-state index in [9.17, 15) is 26.3 Å². The number of rotatable bonds is 1. The quantitative estimate of drug-likeness (QED) is 0.546. The van der Waals surface area contributed by atoms with Gasteiger partial charge in [-0.05, 0) is 18.2 Å². The second kappa shape index (κ2) is 5.92. The Morgan fingerprint density at radius 1 is 0.962 bits per heavy atom. The average Bonchev–Trinajstić information content (AvgIpc) is 2.81. The van der Waals surface area contributed by atoms with Crippen LogP contribution in [0.4, 0.5) is 32.2 Å². The summed E-state index contributed by atoms with van der Waals surface area (Å²) in [6.07, 6.45) is -10.2. The lowest BCUT2D eigenvalue weighted by Crippen LogP contribution is -2.13. The maximum atomic E-state index is 13.3. The van der Waals surface area contributed by atoms with Gasteiger partial charge in [0.25, 0.3) is 0 Å². The zero-order valence-corrected chi connectivity index (χ0v) is 13.8. The van der Waals surface area contributed by atoms with Gasteiger partial charge in [0, 0.05) is 0 Å². The normalized spacial score (nSPS) is 12.8. The van der Waals surface area contributed by atoms with Gasteiger partial charge in [-0.2, -0.15) is 26.3 Å². The molecule has 2 aromatic heterocycles. The summed E-state index contributed by atoms with van der Waals surface area (Å²) in [6.45, 7) is 0. The summed E-state index contributed by atoms with van der Waals surface area (Å²) in [5, 5.41) is 2.86. The van der Waals surface area contributed by atoms with E-state index in [1.807, 2.05) is 0 Å². The summed E-state index contributed by atoms with van der Waals surface area (Å²) in [7, 11) is 0. The van der Waals surface area contributed by atoms with Crippen molar-refractivity contribution < 1.29 is 26.3 Å². The van der Waals surface area contributed by atoms with Gasteiger partial charge in [0.1, 0.15) is 17.2 Å². The van der Waals surface area contributed by atoms with E-state index in [0.29, 0.717) is 0 Å². The topological polar surface area (TPSA) is 56.7 Å². The molecule has 0 aliphatic carbocycles. The van der Waals surface area contributed by atoms with Gasteiger partial charge in [-0.25, -0.2) is 9.67 Å². The van der Waals surface area contributed by atoms with E-state index in [2.05, 4.69) is 10.1 Å². The molecule has 0 fully saturated rings. The number of hydrogen-bond acceptors (Lipinski definition) is 3. The fourth-order valence-electron chi connectivity index (χ4n) is 2.34. The number of hydrogen-bond donors (Lipinski definition) is 1. The first-order valence-electron chi connectivity index (χ1n) is 6.69. The van der Waals surface area contributed by atoms with Crippen molar-refractivity contribution in [3.63, 3.8) is 0 Å². The predicted molar refractivity (Wildman–Crippen MR) is 83.3 cm³/mol. The monoisotopic (exact) mass is 414 g/mol. The van der Waals surface area contributed by atoms with Crippen LogP contribution in [-0.2, 0) is 12.4 Å². The van der Waals surface area contributed by atoms with Gasteiger partial charge in [0.05, 0.1) is 21.0 Å². The molecule has 0 saturated heterocycles. The lowest BCUT2D eigenvalue weighted by molar-refractivity contribution is -0.144. The lowest BCUT2D eigenvalue weighted by Gasteiger charge is -2.12. The molecule has 0 aliphatic rings. The molecule has 12 heteroatoms. The van der Waals surface area contributed by atoms with Crippen molar-refractivity contribution >= 4 is 40.1 Å². The minimum atomic E-state index is -5.12. The third-order valence-corrected chi connectivity index (χ3v) is 4.03. The van der Waals surface area contributed by atoms with Crippen molar-refractivity contribution in [2.45, 2.75) is 12.4 Å². The van der Waals surface area contributed by atoms with Crippen LogP contribution in [0, 0.1) is 0 Å². The average molecular weight is 415 g/mol. The van der Waals surface area contributed by atoms with Crippen molar-refractivity contribution in [3.05, 3.63) is 45.6 Å². The van der Waals surface area contributed by atoms with E-state index < -0.39 is 40.5 Å². The van der Waals surface area contributed by atoms with Gasteiger partial charge in [-0.1, -0.05) is 29.3 Å². The van der Waals surface area contributed by atoms with Crippen molar-refractivity contribution in [2.24, 2.45) is 0 Å². The van der Waals surface area contributed by atoms with Gasteiger partial charge in [-0.3, -0.25) is 0 Å². The molecule has 2 heterocycles. The number of fused-ring (bicyclic) bond motifs is 1. The Kier molecular flexibility index (Phi) is 4.23. The van der Waals surface area contributed by atoms with Crippen LogP contribution >= 0.6 is 23.2 Å². The molecular formula is C14H6Cl2F6N4. The minimum absolute atomic E-state index is 0.0124. The van der Waals surface area contributed by atoms with Crippen molar-refractivity contribution in [2.75, 3.05) is 5.73 Å². The van der Waals surface area contributed by atoms with Crippen molar-refractivity contribution in [3.8, 4) is 5.69 Å². The number of para-hydroxylation sites is 1. The highest BCUT2D eigenvalue weighted by atomic mass is 35.5. The number of benzene rings is 1. The van der Waals surface area contributed by atoms with Crippen LogP contribution in [0.5, 0.6) is 0 Å². The number of nitrogens with two attached hydrogens (primary N) is 1. The highest BCUT2D eigenvalue weighted by molar-refractivity contribution is 6.37. The molecule has 138 valence electrons. The Labute approximate surface area is 151 Å². The number of alkyl halides is 6. The zero-order chi connectivity index (χ0) is 19.4. The smallest absolute Gasteiger partial charge is 0.383 e.